The minimum absolute atomic E-state index is 0.0257. The number of piperidine rings is 1. The smallest absolute Gasteiger partial charge is 0.328 e. The highest BCUT2D eigenvalue weighted by molar-refractivity contribution is 6.05. The summed E-state index contributed by atoms with van der Waals surface area (Å²) in [6.07, 6.45) is 8.34. The molecule has 62 heavy (non-hydrogen) atoms. The molecule has 4 aromatic heterocycles. The van der Waals surface area contributed by atoms with Crippen LogP contribution in [0.25, 0.3) is 11.5 Å². The Morgan fingerprint density at radius 3 is 2.32 bits per heavy atom. The molecule has 19 heteroatoms. The SMILES string of the molecule is CNc1cc(Nc2cccn(-c3ccc(C(=O)N4CCC(N5CCN(c6ccc(N7CCC(=O)NC7=O)cc6)CC5)CC4)cn3)c2=O)nc2c(C(=O)N[C@@H]3CC[C@H]3OC)cnn12. The number of nitrogens with one attached hydrogen (secondary N) is 4. The van der Waals surface area contributed by atoms with Gasteiger partial charge in [-0.3, -0.25) is 38.9 Å². The molecule has 0 unspecified atom stereocenters. The highest BCUT2D eigenvalue weighted by atomic mass is 16.5. The van der Waals surface area contributed by atoms with E-state index in [1.807, 2.05) is 29.2 Å². The number of amides is 5. The van der Waals surface area contributed by atoms with Gasteiger partial charge in [-0.05, 0) is 74.2 Å². The summed E-state index contributed by atoms with van der Waals surface area (Å²) >= 11 is 0. The third-order valence-electron chi connectivity index (χ3n) is 12.4. The Bertz CT molecular complexity index is 2540. The van der Waals surface area contributed by atoms with E-state index in [9.17, 15) is 24.0 Å². The van der Waals surface area contributed by atoms with Crippen LogP contribution in [0.15, 0.2) is 78.0 Å². The molecule has 2 atom stereocenters. The van der Waals surface area contributed by atoms with Crippen molar-refractivity contribution in [2.45, 2.75) is 50.3 Å². The molecule has 1 aromatic carbocycles. The Kier molecular flexibility index (Phi) is 11.3. The molecule has 19 nitrogen and oxygen atoms in total. The first-order chi connectivity index (χ1) is 30.2. The topological polar surface area (TPSA) is 204 Å². The molecule has 3 saturated heterocycles. The summed E-state index contributed by atoms with van der Waals surface area (Å²) in [6, 6.07) is 16.3. The van der Waals surface area contributed by atoms with Crippen LogP contribution in [0.2, 0.25) is 0 Å². The largest absolute Gasteiger partial charge is 0.379 e. The molecule has 322 valence electrons. The molecular weight excluding hydrogens is 795 g/mol. The number of carbonyl (C=O) groups excluding carboxylic acids is 4. The van der Waals surface area contributed by atoms with Crippen LogP contribution in [0.3, 0.4) is 0 Å². The predicted molar refractivity (Wildman–Crippen MR) is 232 cm³/mol. The normalized spacial score (nSPS) is 19.9. The van der Waals surface area contributed by atoms with E-state index in [0.29, 0.717) is 66.3 Å². The maximum absolute atomic E-state index is 13.8. The third-order valence-corrected chi connectivity index (χ3v) is 12.4. The van der Waals surface area contributed by atoms with Gasteiger partial charge in [-0.25, -0.2) is 14.8 Å². The molecule has 4 N–H and O–H groups in total. The Morgan fingerprint density at radius 1 is 0.871 bits per heavy atom. The molecule has 1 saturated carbocycles. The maximum Gasteiger partial charge on any atom is 0.328 e. The van der Waals surface area contributed by atoms with E-state index in [1.165, 1.54) is 21.5 Å². The van der Waals surface area contributed by atoms with Crippen LogP contribution >= 0.6 is 0 Å². The van der Waals surface area contributed by atoms with E-state index in [-0.39, 0.29) is 47.1 Å². The lowest BCUT2D eigenvalue weighted by atomic mass is 9.89. The molecule has 4 fully saturated rings. The average Bonchev–Trinajstić information content (AvgIpc) is 3.73. The first-order valence-corrected chi connectivity index (χ1v) is 21.0. The van der Waals surface area contributed by atoms with Crippen molar-refractivity contribution in [3.05, 3.63) is 94.7 Å². The monoisotopic (exact) mass is 843 g/mol. The lowest BCUT2D eigenvalue weighted by Crippen LogP contribution is -2.53. The van der Waals surface area contributed by atoms with Crippen molar-refractivity contribution in [2.75, 3.05) is 80.4 Å². The summed E-state index contributed by atoms with van der Waals surface area (Å²) in [5, 5.41) is 15.9. The highest BCUT2D eigenvalue weighted by Gasteiger charge is 2.34. The number of ether oxygens (including phenoxy) is 1. The van der Waals surface area contributed by atoms with E-state index in [4.69, 9.17) is 4.74 Å². The van der Waals surface area contributed by atoms with Crippen molar-refractivity contribution < 1.29 is 23.9 Å². The zero-order chi connectivity index (χ0) is 42.9. The number of nitrogens with zero attached hydrogens (tertiary/aromatic N) is 9. The van der Waals surface area contributed by atoms with Gasteiger partial charge >= 0.3 is 6.03 Å². The van der Waals surface area contributed by atoms with E-state index in [1.54, 1.807) is 55.6 Å². The van der Waals surface area contributed by atoms with Gasteiger partial charge in [0.25, 0.3) is 17.4 Å². The lowest BCUT2D eigenvalue weighted by Gasteiger charge is -2.43. The third kappa shape index (κ3) is 8.03. The van der Waals surface area contributed by atoms with Crippen LogP contribution in [-0.2, 0) is 9.53 Å². The molecular formula is C43H49N13O6. The second-order valence-corrected chi connectivity index (χ2v) is 15.9. The number of imide groups is 1. The van der Waals surface area contributed by atoms with E-state index < -0.39 is 0 Å². The number of methoxy groups -OCH3 is 1. The number of anilines is 5. The highest BCUT2D eigenvalue weighted by Crippen LogP contribution is 2.27. The number of aromatic nitrogens is 5. The number of pyridine rings is 2. The van der Waals surface area contributed by atoms with Gasteiger partial charge in [-0.15, -0.1) is 0 Å². The van der Waals surface area contributed by atoms with Crippen molar-refractivity contribution in [3.63, 3.8) is 0 Å². The summed E-state index contributed by atoms with van der Waals surface area (Å²) in [4.78, 5) is 81.9. The number of fused-ring (bicyclic) bond motifs is 1. The van der Waals surface area contributed by atoms with Gasteiger partial charge in [0.05, 0.1) is 23.9 Å². The Hall–Kier alpha value is -6.86. The zero-order valence-corrected chi connectivity index (χ0v) is 34.6. The molecule has 7 heterocycles. The van der Waals surface area contributed by atoms with Gasteiger partial charge in [-0.2, -0.15) is 9.61 Å². The number of rotatable bonds is 11. The summed E-state index contributed by atoms with van der Waals surface area (Å²) in [5.41, 5.74) is 2.80. The molecule has 4 aliphatic rings. The van der Waals surface area contributed by atoms with Crippen LogP contribution < -0.4 is 36.6 Å². The quantitative estimate of drug-likeness (QED) is 0.151. The van der Waals surface area contributed by atoms with Crippen LogP contribution in [0.5, 0.6) is 0 Å². The van der Waals surface area contributed by atoms with Gasteiger partial charge in [0.15, 0.2) is 5.65 Å². The van der Waals surface area contributed by atoms with Crippen molar-refractivity contribution in [3.8, 4) is 5.82 Å². The van der Waals surface area contributed by atoms with E-state index in [2.05, 4.69) is 46.1 Å². The predicted octanol–water partition coefficient (Wildman–Crippen LogP) is 2.84. The molecule has 0 spiro atoms. The molecule has 3 aliphatic heterocycles. The average molecular weight is 844 g/mol. The lowest BCUT2D eigenvalue weighted by molar-refractivity contribution is -0.120. The van der Waals surface area contributed by atoms with Gasteiger partial charge in [0.1, 0.15) is 28.7 Å². The number of piperazine rings is 1. The van der Waals surface area contributed by atoms with E-state index >= 15 is 0 Å². The maximum atomic E-state index is 13.8. The summed E-state index contributed by atoms with van der Waals surface area (Å²) in [6.45, 7) is 5.26. The van der Waals surface area contributed by atoms with Crippen molar-refractivity contribution in [1.82, 2.24) is 44.6 Å². The first-order valence-electron chi connectivity index (χ1n) is 21.0. The van der Waals surface area contributed by atoms with Crippen LogP contribution in [0.4, 0.5) is 33.5 Å². The number of hydrogen-bond donors (Lipinski definition) is 4. The summed E-state index contributed by atoms with van der Waals surface area (Å²) in [5.74, 6) is 0.605. The molecule has 0 radical (unpaired) electrons. The zero-order valence-electron chi connectivity index (χ0n) is 34.6. The van der Waals surface area contributed by atoms with E-state index in [0.717, 1.165) is 63.2 Å². The van der Waals surface area contributed by atoms with Crippen molar-refractivity contribution in [2.24, 2.45) is 0 Å². The Labute approximate surface area is 357 Å². The van der Waals surface area contributed by atoms with Gasteiger partial charge in [0.2, 0.25) is 5.91 Å². The number of benzene rings is 1. The second kappa shape index (κ2) is 17.3. The fourth-order valence-corrected chi connectivity index (χ4v) is 8.71. The summed E-state index contributed by atoms with van der Waals surface area (Å²) < 4.78 is 8.36. The Morgan fingerprint density at radius 2 is 1.65 bits per heavy atom. The second-order valence-electron chi connectivity index (χ2n) is 15.9. The molecule has 5 amide bonds. The minimum Gasteiger partial charge on any atom is -0.379 e. The molecule has 1 aliphatic carbocycles. The summed E-state index contributed by atoms with van der Waals surface area (Å²) in [7, 11) is 3.36. The molecule has 0 bridgehead atoms. The number of hydrogen-bond acceptors (Lipinski definition) is 13. The van der Waals surface area contributed by atoms with Gasteiger partial charge < -0.3 is 30.5 Å². The van der Waals surface area contributed by atoms with Crippen LogP contribution in [0.1, 0.15) is 52.8 Å². The minimum atomic E-state index is -0.386. The first kappa shape index (κ1) is 40.5. The number of likely N-dealkylation sites (tertiary alicyclic amines) is 1. The Balaban J connectivity index is 0.791. The van der Waals surface area contributed by atoms with Gasteiger partial charge in [0, 0.05) is 102 Å². The molecule has 9 rings (SSSR count). The van der Waals surface area contributed by atoms with Crippen LogP contribution in [0, 0.1) is 0 Å². The fourth-order valence-electron chi connectivity index (χ4n) is 8.71. The van der Waals surface area contributed by atoms with Gasteiger partial charge in [-0.1, -0.05) is 0 Å². The van der Waals surface area contributed by atoms with Crippen molar-refractivity contribution in [1.29, 1.82) is 0 Å². The number of urea groups is 1. The standard InChI is InChI=1S/C43H49N13O6/c1-44-37-24-35(49-39-31(26-46-56(37)39)40(58)48-32-10-11-34(32)62-2)47-33-4-3-16-55(42(33)60)36-12-5-27(25-45-36)41(59)53-17-13-29(14-18-53)52-22-20-51(21-23-52)28-6-8-30(9-7-28)54-19-15-38(57)50-43(54)61/h3-9,12,16,24-26,29,32,34,44H,10-11,13-15,17-23H2,1-2H3,(H,47,49)(H,48,58)(H,50,57,61)/t32-,34-/m1/s1. The number of carbonyl (C=O) groups is 4. The van der Waals surface area contributed by atoms with Crippen molar-refractivity contribution >= 4 is 58.1 Å². The fraction of sp³-hybridized carbons (Fsp3) is 0.395. The molecule has 5 aromatic rings. The van der Waals surface area contributed by atoms with Crippen LogP contribution in [-0.4, -0.2) is 136 Å².